The van der Waals surface area contributed by atoms with Crippen molar-refractivity contribution >= 4 is 22.5 Å². The number of nitrogens with zero attached hydrogens (tertiary/aromatic N) is 1. The number of nitrogens with one attached hydrogen (secondary N) is 1. The summed E-state index contributed by atoms with van der Waals surface area (Å²) in [5.41, 5.74) is 2.24. The molecule has 3 heteroatoms. The molecule has 1 aliphatic rings. The maximum Gasteiger partial charge on any atom is 0.0761 e. The highest BCUT2D eigenvalue weighted by atomic mass is 35.5. The van der Waals surface area contributed by atoms with E-state index in [0.29, 0.717) is 6.04 Å². The lowest BCUT2D eigenvalue weighted by molar-refractivity contribution is 0.488. The van der Waals surface area contributed by atoms with Crippen LogP contribution < -0.4 is 5.32 Å². The zero-order valence-electron chi connectivity index (χ0n) is 11.2. The van der Waals surface area contributed by atoms with Crippen LogP contribution in [0.25, 0.3) is 10.9 Å². The molecule has 1 aromatic carbocycles. The number of hydrogen-bond acceptors (Lipinski definition) is 2. The van der Waals surface area contributed by atoms with E-state index >= 15 is 0 Å². The average molecular weight is 275 g/mol. The van der Waals surface area contributed by atoms with Gasteiger partial charge in [-0.05, 0) is 43.0 Å². The molecule has 1 aliphatic carbocycles. The number of benzene rings is 1. The van der Waals surface area contributed by atoms with Gasteiger partial charge in [-0.3, -0.25) is 4.98 Å². The van der Waals surface area contributed by atoms with E-state index < -0.39 is 0 Å². The molecular weight excluding hydrogens is 256 g/mol. The van der Waals surface area contributed by atoms with Crippen LogP contribution in [0.15, 0.2) is 30.5 Å². The Hall–Kier alpha value is -1.12. The van der Waals surface area contributed by atoms with Crippen molar-refractivity contribution in [1.29, 1.82) is 0 Å². The number of pyridine rings is 1. The minimum Gasteiger partial charge on any atom is -0.310 e. The van der Waals surface area contributed by atoms with Crippen LogP contribution in [0.4, 0.5) is 0 Å². The van der Waals surface area contributed by atoms with E-state index in [-0.39, 0.29) is 0 Å². The fourth-order valence-electron chi connectivity index (χ4n) is 2.56. The largest absolute Gasteiger partial charge is 0.310 e. The number of aromatic nitrogens is 1. The van der Waals surface area contributed by atoms with E-state index in [4.69, 9.17) is 11.6 Å². The molecule has 1 aromatic heterocycles. The van der Waals surface area contributed by atoms with Crippen LogP contribution in [0.3, 0.4) is 0 Å². The zero-order valence-corrected chi connectivity index (χ0v) is 12.0. The third-order valence-corrected chi connectivity index (χ3v) is 4.15. The molecular formula is C16H19ClN2. The number of halogens is 1. The van der Waals surface area contributed by atoms with E-state index in [0.717, 1.165) is 28.4 Å². The van der Waals surface area contributed by atoms with Gasteiger partial charge in [0.25, 0.3) is 0 Å². The molecule has 0 spiro atoms. The molecule has 0 bridgehead atoms. The molecule has 1 atom stereocenters. The van der Waals surface area contributed by atoms with Crippen LogP contribution in [0.1, 0.15) is 31.7 Å². The number of rotatable bonds is 5. The lowest BCUT2D eigenvalue weighted by atomic mass is 10.1. The monoisotopic (exact) mass is 274 g/mol. The van der Waals surface area contributed by atoms with Crippen molar-refractivity contribution in [3.63, 3.8) is 0 Å². The van der Waals surface area contributed by atoms with Gasteiger partial charge in [0.15, 0.2) is 0 Å². The molecule has 1 fully saturated rings. The Morgan fingerprint density at radius 3 is 3.00 bits per heavy atom. The lowest BCUT2D eigenvalue weighted by Gasteiger charge is -2.14. The second-order valence-electron chi connectivity index (χ2n) is 5.57. The van der Waals surface area contributed by atoms with Gasteiger partial charge in [0.2, 0.25) is 0 Å². The van der Waals surface area contributed by atoms with Gasteiger partial charge in [-0.25, -0.2) is 0 Å². The second kappa shape index (κ2) is 5.48. The fraction of sp³-hybridized carbons (Fsp3) is 0.438. The van der Waals surface area contributed by atoms with Gasteiger partial charge < -0.3 is 5.32 Å². The minimum absolute atomic E-state index is 0.571. The van der Waals surface area contributed by atoms with E-state index in [9.17, 15) is 0 Å². The molecule has 0 radical (unpaired) electrons. The van der Waals surface area contributed by atoms with Gasteiger partial charge in [-0.15, -0.1) is 0 Å². The third-order valence-electron chi connectivity index (χ3n) is 3.82. The van der Waals surface area contributed by atoms with Crippen molar-refractivity contribution in [2.45, 2.75) is 38.8 Å². The Kier molecular flexibility index (Phi) is 3.72. The standard InChI is InChI=1S/C16H19ClN2/c1-11(9-12-4-5-12)19-10-13-6-7-15(17)14-3-2-8-18-16(13)14/h2-3,6-8,11-12,19H,4-5,9-10H2,1H3. The molecule has 2 aromatic rings. The highest BCUT2D eigenvalue weighted by Gasteiger charge is 2.23. The van der Waals surface area contributed by atoms with Crippen LogP contribution in [-0.4, -0.2) is 11.0 Å². The van der Waals surface area contributed by atoms with E-state index in [2.05, 4.69) is 23.3 Å². The van der Waals surface area contributed by atoms with Crippen molar-refractivity contribution in [3.8, 4) is 0 Å². The van der Waals surface area contributed by atoms with E-state index in [1.54, 1.807) is 0 Å². The Morgan fingerprint density at radius 2 is 2.21 bits per heavy atom. The summed E-state index contributed by atoms with van der Waals surface area (Å²) in [6.45, 7) is 3.13. The summed E-state index contributed by atoms with van der Waals surface area (Å²) in [6.07, 6.45) is 5.95. The van der Waals surface area contributed by atoms with Gasteiger partial charge in [0.1, 0.15) is 0 Å². The van der Waals surface area contributed by atoms with Crippen LogP contribution in [0.5, 0.6) is 0 Å². The van der Waals surface area contributed by atoms with Crippen LogP contribution >= 0.6 is 11.6 Å². The maximum absolute atomic E-state index is 6.21. The summed E-state index contributed by atoms with van der Waals surface area (Å²) in [4.78, 5) is 4.47. The maximum atomic E-state index is 6.21. The van der Waals surface area contributed by atoms with Gasteiger partial charge in [-0.2, -0.15) is 0 Å². The van der Waals surface area contributed by atoms with Gasteiger partial charge >= 0.3 is 0 Å². The summed E-state index contributed by atoms with van der Waals surface area (Å²) in [7, 11) is 0. The molecule has 0 amide bonds. The predicted octanol–water partition coefficient (Wildman–Crippen LogP) is 4.17. The summed E-state index contributed by atoms with van der Waals surface area (Å²) >= 11 is 6.21. The van der Waals surface area contributed by atoms with Gasteiger partial charge in [0.05, 0.1) is 5.52 Å². The van der Waals surface area contributed by atoms with E-state index in [1.165, 1.54) is 24.8 Å². The topological polar surface area (TPSA) is 24.9 Å². The Morgan fingerprint density at radius 1 is 1.37 bits per heavy atom. The lowest BCUT2D eigenvalue weighted by Crippen LogP contribution is -2.26. The molecule has 1 saturated carbocycles. The first-order chi connectivity index (χ1) is 9.24. The van der Waals surface area contributed by atoms with Crippen molar-refractivity contribution in [1.82, 2.24) is 10.3 Å². The smallest absolute Gasteiger partial charge is 0.0761 e. The molecule has 1 unspecified atom stereocenters. The minimum atomic E-state index is 0.571. The second-order valence-corrected chi connectivity index (χ2v) is 5.97. The summed E-state index contributed by atoms with van der Waals surface area (Å²) in [5, 5.41) is 5.41. The van der Waals surface area contributed by atoms with Crippen LogP contribution in [-0.2, 0) is 6.54 Å². The van der Waals surface area contributed by atoms with Crippen molar-refractivity contribution in [3.05, 3.63) is 41.0 Å². The Balaban J connectivity index is 1.75. The highest BCUT2D eigenvalue weighted by Crippen LogP contribution is 2.33. The normalized spacial score (nSPS) is 16.7. The Bertz CT molecular complexity index is 578. The molecule has 0 aliphatic heterocycles. The van der Waals surface area contributed by atoms with Crippen molar-refractivity contribution in [2.75, 3.05) is 0 Å². The summed E-state index contributed by atoms with van der Waals surface area (Å²) in [5.74, 6) is 0.961. The SMILES string of the molecule is CC(CC1CC1)NCc1ccc(Cl)c2cccnc12. The zero-order chi connectivity index (χ0) is 13.2. The Labute approximate surface area is 119 Å². The molecule has 100 valence electrons. The van der Waals surface area contributed by atoms with E-state index in [1.807, 2.05) is 24.4 Å². The first-order valence-electron chi connectivity index (χ1n) is 6.99. The predicted molar refractivity (Wildman–Crippen MR) is 80.4 cm³/mol. The molecule has 0 saturated heterocycles. The first kappa shape index (κ1) is 12.9. The fourth-order valence-corrected chi connectivity index (χ4v) is 2.78. The molecule has 19 heavy (non-hydrogen) atoms. The van der Waals surface area contributed by atoms with Gasteiger partial charge in [0, 0.05) is 29.2 Å². The third kappa shape index (κ3) is 3.07. The highest BCUT2D eigenvalue weighted by molar-refractivity contribution is 6.35. The number of hydrogen-bond donors (Lipinski definition) is 1. The van der Waals surface area contributed by atoms with Crippen molar-refractivity contribution < 1.29 is 0 Å². The first-order valence-corrected chi connectivity index (χ1v) is 7.37. The average Bonchev–Trinajstić information content (AvgIpc) is 3.22. The van der Waals surface area contributed by atoms with Crippen LogP contribution in [0.2, 0.25) is 5.02 Å². The molecule has 3 rings (SSSR count). The quantitative estimate of drug-likeness (QED) is 0.885. The molecule has 1 heterocycles. The molecule has 2 nitrogen and oxygen atoms in total. The summed E-state index contributed by atoms with van der Waals surface area (Å²) < 4.78 is 0. The van der Waals surface area contributed by atoms with Crippen molar-refractivity contribution in [2.24, 2.45) is 5.92 Å². The molecule has 1 N–H and O–H groups in total. The van der Waals surface area contributed by atoms with Crippen LogP contribution in [0, 0.1) is 5.92 Å². The number of fused-ring (bicyclic) bond motifs is 1. The van der Waals surface area contributed by atoms with Gasteiger partial charge in [-0.1, -0.05) is 30.5 Å². The summed E-state index contributed by atoms with van der Waals surface area (Å²) in [6, 6.07) is 8.58.